The highest BCUT2D eigenvalue weighted by Gasteiger charge is 2.25. The Morgan fingerprint density at radius 3 is 2.28 bits per heavy atom. The minimum Gasteiger partial charge on any atom is -0.497 e. The van der Waals surface area contributed by atoms with E-state index < -0.39 is 11.5 Å². The van der Waals surface area contributed by atoms with Gasteiger partial charge in [-0.2, -0.15) is 0 Å². The van der Waals surface area contributed by atoms with Crippen LogP contribution in [-0.2, 0) is 0 Å². The first kappa shape index (κ1) is 19.2. The molecule has 25 heavy (non-hydrogen) atoms. The smallest absolute Gasteiger partial charge is 0.335 e. The number of nitrogens with zero attached hydrogens (tertiary/aromatic N) is 1. The van der Waals surface area contributed by atoms with Gasteiger partial charge in [-0.05, 0) is 58.0 Å². The summed E-state index contributed by atoms with van der Waals surface area (Å²) >= 11 is 0. The van der Waals surface area contributed by atoms with Crippen LogP contribution in [0.5, 0.6) is 5.75 Å². The number of hydrogen-bond acceptors (Lipinski definition) is 4. The second-order valence-corrected chi connectivity index (χ2v) is 7.28. The Morgan fingerprint density at radius 2 is 1.72 bits per heavy atom. The van der Waals surface area contributed by atoms with Crippen molar-refractivity contribution in [2.24, 2.45) is 0 Å². The van der Waals surface area contributed by atoms with Crippen LogP contribution in [0.2, 0.25) is 0 Å². The van der Waals surface area contributed by atoms with Crippen molar-refractivity contribution in [2.45, 2.75) is 45.1 Å². The van der Waals surface area contributed by atoms with E-state index in [1.165, 1.54) is 44.9 Å². The zero-order chi connectivity index (χ0) is 18.4. The van der Waals surface area contributed by atoms with Crippen molar-refractivity contribution in [2.75, 3.05) is 26.7 Å². The summed E-state index contributed by atoms with van der Waals surface area (Å²) in [6, 6.07) is 4.34. The van der Waals surface area contributed by atoms with Crippen molar-refractivity contribution in [1.29, 1.82) is 0 Å². The zero-order valence-corrected chi connectivity index (χ0v) is 15.3. The molecule has 1 aliphatic rings. The predicted molar refractivity (Wildman–Crippen MR) is 96.4 cm³/mol. The molecule has 0 aliphatic carbocycles. The summed E-state index contributed by atoms with van der Waals surface area (Å²) in [6.07, 6.45) is 4.93. The zero-order valence-electron chi connectivity index (χ0n) is 15.3. The van der Waals surface area contributed by atoms with Gasteiger partial charge in [0.25, 0.3) is 5.91 Å². The van der Waals surface area contributed by atoms with Crippen LogP contribution in [0.3, 0.4) is 0 Å². The van der Waals surface area contributed by atoms with Gasteiger partial charge in [0.15, 0.2) is 0 Å². The third-order valence-electron chi connectivity index (χ3n) is 4.42. The number of carbonyl (C=O) groups excluding carboxylic acids is 1. The predicted octanol–water partition coefficient (Wildman–Crippen LogP) is 2.78. The highest BCUT2D eigenvalue weighted by Crippen LogP contribution is 2.19. The normalized spacial score (nSPS) is 16.1. The van der Waals surface area contributed by atoms with E-state index in [9.17, 15) is 14.7 Å². The third-order valence-corrected chi connectivity index (χ3v) is 4.42. The Labute approximate surface area is 149 Å². The van der Waals surface area contributed by atoms with Gasteiger partial charge in [-0.1, -0.05) is 12.8 Å². The number of benzene rings is 1. The van der Waals surface area contributed by atoms with Crippen LogP contribution < -0.4 is 10.1 Å². The van der Waals surface area contributed by atoms with E-state index in [1.807, 2.05) is 13.8 Å². The maximum absolute atomic E-state index is 12.6. The Hall–Kier alpha value is -2.08. The molecule has 1 fully saturated rings. The van der Waals surface area contributed by atoms with Crippen LogP contribution in [0.25, 0.3) is 0 Å². The Morgan fingerprint density at radius 1 is 1.12 bits per heavy atom. The third kappa shape index (κ3) is 5.74. The molecule has 2 N–H and O–H groups in total. The number of carboxylic acid groups (broad SMARTS) is 1. The molecular weight excluding hydrogens is 320 g/mol. The molecule has 1 amide bonds. The van der Waals surface area contributed by atoms with Crippen LogP contribution in [0.1, 0.15) is 60.2 Å². The fraction of sp³-hybridized carbons (Fsp3) is 0.579. The van der Waals surface area contributed by atoms with Crippen molar-refractivity contribution in [3.63, 3.8) is 0 Å². The van der Waals surface area contributed by atoms with Crippen LogP contribution in [0, 0.1) is 0 Å². The average Bonchev–Trinajstić information content (AvgIpc) is 2.81. The maximum Gasteiger partial charge on any atom is 0.335 e. The highest BCUT2D eigenvalue weighted by molar-refractivity contribution is 5.98. The van der Waals surface area contributed by atoms with Crippen molar-refractivity contribution < 1.29 is 19.4 Å². The standard InChI is InChI=1S/C19H28N2O4/c1-19(2,13-21-8-6-4-5-7-9-21)20-17(22)14-10-15(18(23)24)12-16(11-14)25-3/h10-12H,4-9,13H2,1-3H3,(H,20,22)(H,23,24). The molecule has 0 radical (unpaired) electrons. The van der Waals surface area contributed by atoms with E-state index in [0.717, 1.165) is 19.6 Å². The van der Waals surface area contributed by atoms with Crippen LogP contribution in [-0.4, -0.2) is 54.2 Å². The van der Waals surface area contributed by atoms with E-state index >= 15 is 0 Å². The first-order valence-corrected chi connectivity index (χ1v) is 8.78. The number of methoxy groups -OCH3 is 1. The summed E-state index contributed by atoms with van der Waals surface area (Å²) in [7, 11) is 1.45. The van der Waals surface area contributed by atoms with E-state index in [0.29, 0.717) is 11.3 Å². The molecule has 0 atom stereocenters. The Bertz CT molecular complexity index is 620. The molecule has 6 heteroatoms. The van der Waals surface area contributed by atoms with Gasteiger partial charge >= 0.3 is 5.97 Å². The van der Waals surface area contributed by atoms with E-state index in [4.69, 9.17) is 4.74 Å². The first-order valence-electron chi connectivity index (χ1n) is 8.78. The first-order chi connectivity index (χ1) is 11.8. The lowest BCUT2D eigenvalue weighted by atomic mass is 10.0. The van der Waals surface area contributed by atoms with Crippen LogP contribution >= 0.6 is 0 Å². The molecule has 1 saturated heterocycles. The number of rotatable bonds is 6. The van der Waals surface area contributed by atoms with Gasteiger partial charge in [0.2, 0.25) is 0 Å². The number of likely N-dealkylation sites (tertiary alicyclic amines) is 1. The molecule has 0 aromatic heterocycles. The molecule has 0 spiro atoms. The van der Waals surface area contributed by atoms with Gasteiger partial charge in [0.1, 0.15) is 5.75 Å². The maximum atomic E-state index is 12.6. The summed E-state index contributed by atoms with van der Waals surface area (Å²) in [6.45, 7) is 6.87. The number of hydrogen-bond donors (Lipinski definition) is 2. The fourth-order valence-corrected chi connectivity index (χ4v) is 3.24. The fourth-order valence-electron chi connectivity index (χ4n) is 3.24. The number of nitrogens with one attached hydrogen (secondary N) is 1. The van der Waals surface area contributed by atoms with E-state index in [1.54, 1.807) is 6.07 Å². The van der Waals surface area contributed by atoms with E-state index in [-0.39, 0.29) is 11.5 Å². The lowest BCUT2D eigenvalue weighted by Crippen LogP contribution is -2.51. The lowest BCUT2D eigenvalue weighted by molar-refractivity contribution is 0.0696. The summed E-state index contributed by atoms with van der Waals surface area (Å²) in [5, 5.41) is 12.2. The quantitative estimate of drug-likeness (QED) is 0.826. The molecule has 0 saturated carbocycles. The SMILES string of the molecule is COc1cc(C(=O)O)cc(C(=O)NC(C)(C)CN2CCCCCC2)c1. The molecule has 1 heterocycles. The molecule has 2 rings (SSSR count). The van der Waals surface area contributed by atoms with Gasteiger partial charge in [-0.3, -0.25) is 4.79 Å². The molecule has 0 bridgehead atoms. The topological polar surface area (TPSA) is 78.9 Å². The van der Waals surface area contributed by atoms with Gasteiger partial charge < -0.3 is 20.1 Å². The highest BCUT2D eigenvalue weighted by atomic mass is 16.5. The Kier molecular flexibility index (Phi) is 6.42. The van der Waals surface area contributed by atoms with Crippen molar-refractivity contribution in [3.8, 4) is 5.75 Å². The molecular formula is C19H28N2O4. The number of carbonyl (C=O) groups is 2. The molecule has 1 aliphatic heterocycles. The van der Waals surface area contributed by atoms with Crippen molar-refractivity contribution in [1.82, 2.24) is 10.2 Å². The number of ether oxygens (including phenoxy) is 1. The summed E-state index contributed by atoms with van der Waals surface area (Å²) in [4.78, 5) is 26.3. The summed E-state index contributed by atoms with van der Waals surface area (Å²) in [5.41, 5.74) is -0.0797. The van der Waals surface area contributed by atoms with Crippen molar-refractivity contribution in [3.05, 3.63) is 29.3 Å². The molecule has 1 aromatic carbocycles. The van der Waals surface area contributed by atoms with E-state index in [2.05, 4.69) is 10.2 Å². The van der Waals surface area contributed by atoms with Crippen LogP contribution in [0.15, 0.2) is 18.2 Å². The molecule has 138 valence electrons. The molecule has 0 unspecified atom stereocenters. The van der Waals surface area contributed by atoms with Crippen LogP contribution in [0.4, 0.5) is 0 Å². The largest absolute Gasteiger partial charge is 0.497 e. The monoisotopic (exact) mass is 348 g/mol. The second kappa shape index (κ2) is 8.34. The van der Waals surface area contributed by atoms with Crippen molar-refractivity contribution >= 4 is 11.9 Å². The summed E-state index contributed by atoms with van der Waals surface area (Å²) in [5.74, 6) is -1.02. The average molecular weight is 348 g/mol. The lowest BCUT2D eigenvalue weighted by Gasteiger charge is -2.33. The van der Waals surface area contributed by atoms with Gasteiger partial charge in [-0.25, -0.2) is 4.79 Å². The number of carboxylic acids is 1. The second-order valence-electron chi connectivity index (χ2n) is 7.28. The minimum absolute atomic E-state index is 0.0369. The number of aromatic carboxylic acids is 1. The van der Waals surface area contributed by atoms with Gasteiger partial charge in [-0.15, -0.1) is 0 Å². The Balaban J connectivity index is 2.09. The number of amides is 1. The van der Waals surface area contributed by atoms with Gasteiger partial charge in [0.05, 0.1) is 12.7 Å². The minimum atomic E-state index is -1.09. The summed E-state index contributed by atoms with van der Waals surface area (Å²) < 4.78 is 5.11. The van der Waals surface area contributed by atoms with Gasteiger partial charge in [0, 0.05) is 17.6 Å². The molecule has 1 aromatic rings. The molecule has 6 nitrogen and oxygen atoms in total.